The van der Waals surface area contributed by atoms with Crippen LogP contribution >= 0.6 is 0 Å². The maximum Gasteiger partial charge on any atom is 0.304 e. The average molecular weight is 407 g/mol. The number of carboxylic acids is 1. The third kappa shape index (κ3) is 6.97. The highest BCUT2D eigenvalue weighted by Gasteiger charge is 2.13. The summed E-state index contributed by atoms with van der Waals surface area (Å²) in [5.74, 6) is 5.78. The number of benzene rings is 2. The van der Waals surface area contributed by atoms with Gasteiger partial charge in [0.15, 0.2) is 0 Å². The van der Waals surface area contributed by atoms with Crippen molar-refractivity contribution in [1.82, 2.24) is 0 Å². The number of nitrogens with one attached hydrogen (secondary N) is 2. The Bertz CT molecular complexity index is 937. The zero-order chi connectivity index (χ0) is 22.1. The van der Waals surface area contributed by atoms with Gasteiger partial charge in [0, 0.05) is 23.5 Å². The summed E-state index contributed by atoms with van der Waals surface area (Å²) >= 11 is 0. The van der Waals surface area contributed by atoms with Crippen molar-refractivity contribution < 1.29 is 14.6 Å². The van der Waals surface area contributed by atoms with E-state index < -0.39 is 5.97 Å². The number of aliphatic carboxylic acids is 1. The van der Waals surface area contributed by atoms with Gasteiger partial charge in [-0.3, -0.25) is 4.79 Å². The number of carboxylic acid groups (broad SMARTS) is 1. The summed E-state index contributed by atoms with van der Waals surface area (Å²) in [6.45, 7) is 9.03. The Morgan fingerprint density at radius 1 is 1.20 bits per heavy atom. The quantitative estimate of drug-likeness (QED) is 0.369. The van der Waals surface area contributed by atoms with Crippen molar-refractivity contribution in [2.24, 2.45) is 5.92 Å². The van der Waals surface area contributed by atoms with Crippen molar-refractivity contribution in [3.63, 3.8) is 0 Å². The second kappa shape index (κ2) is 11.1. The van der Waals surface area contributed by atoms with Crippen molar-refractivity contribution in [2.75, 3.05) is 11.9 Å². The zero-order valence-electron chi connectivity index (χ0n) is 18.1. The van der Waals surface area contributed by atoms with E-state index in [0.717, 1.165) is 28.9 Å². The molecule has 0 amide bonds. The van der Waals surface area contributed by atoms with E-state index in [1.54, 1.807) is 13.8 Å². The molecule has 5 heteroatoms. The minimum atomic E-state index is -0.867. The fourth-order valence-corrected chi connectivity index (χ4v) is 3.03. The van der Waals surface area contributed by atoms with E-state index >= 15 is 0 Å². The van der Waals surface area contributed by atoms with Gasteiger partial charge in [0.2, 0.25) is 0 Å². The highest BCUT2D eigenvalue weighted by molar-refractivity contribution is 6.01. The summed E-state index contributed by atoms with van der Waals surface area (Å²) in [7, 11) is 0. The monoisotopic (exact) mass is 406 g/mol. The molecule has 0 radical (unpaired) electrons. The lowest BCUT2D eigenvalue weighted by molar-refractivity contribution is -0.137. The summed E-state index contributed by atoms with van der Waals surface area (Å²) in [6.07, 6.45) is -0.0218. The normalized spacial score (nSPS) is 11.4. The van der Waals surface area contributed by atoms with Crippen LogP contribution in [0.1, 0.15) is 56.7 Å². The van der Waals surface area contributed by atoms with Crippen LogP contribution in [0.15, 0.2) is 42.5 Å². The molecular weight excluding hydrogens is 376 g/mol. The molecule has 0 aliphatic rings. The van der Waals surface area contributed by atoms with Crippen LogP contribution in [0.2, 0.25) is 0 Å². The first kappa shape index (κ1) is 23.0. The molecule has 30 heavy (non-hydrogen) atoms. The molecule has 1 atom stereocenters. The molecule has 0 saturated heterocycles. The molecule has 3 N–H and O–H groups in total. The first-order valence-corrected chi connectivity index (χ1v) is 10.1. The molecule has 0 spiro atoms. The number of rotatable bonds is 10. The summed E-state index contributed by atoms with van der Waals surface area (Å²) in [6, 6.07) is 13.4. The lowest BCUT2D eigenvalue weighted by Crippen LogP contribution is -2.11. The Kier molecular flexibility index (Phi) is 8.49. The molecule has 0 fully saturated rings. The van der Waals surface area contributed by atoms with Crippen LogP contribution in [0, 0.1) is 23.2 Å². The molecule has 0 heterocycles. The van der Waals surface area contributed by atoms with Gasteiger partial charge in [-0.25, -0.2) is 0 Å². The van der Waals surface area contributed by atoms with E-state index in [9.17, 15) is 4.79 Å². The van der Waals surface area contributed by atoms with E-state index in [4.69, 9.17) is 15.3 Å². The second-order valence-corrected chi connectivity index (χ2v) is 7.68. The molecule has 2 aromatic rings. The highest BCUT2D eigenvalue weighted by Crippen LogP contribution is 2.24. The van der Waals surface area contributed by atoms with E-state index in [1.807, 2.05) is 42.5 Å². The van der Waals surface area contributed by atoms with Crippen LogP contribution in [0.3, 0.4) is 0 Å². The predicted octanol–water partition coefficient (Wildman–Crippen LogP) is 5.30. The maximum atomic E-state index is 11.1. The van der Waals surface area contributed by atoms with E-state index in [0.29, 0.717) is 24.0 Å². The predicted molar refractivity (Wildman–Crippen MR) is 121 cm³/mol. The van der Waals surface area contributed by atoms with Gasteiger partial charge in [-0.2, -0.15) is 0 Å². The Morgan fingerprint density at radius 3 is 2.47 bits per heavy atom. The molecule has 0 bridgehead atoms. The smallest absolute Gasteiger partial charge is 0.304 e. The van der Waals surface area contributed by atoms with Crippen molar-refractivity contribution >= 4 is 17.4 Å². The van der Waals surface area contributed by atoms with Gasteiger partial charge in [-0.15, -0.1) is 5.92 Å². The van der Waals surface area contributed by atoms with E-state index in [1.165, 1.54) is 0 Å². The minimum absolute atomic E-state index is 0.0218. The molecule has 0 aromatic heterocycles. The lowest BCUT2D eigenvalue weighted by Gasteiger charge is -2.15. The molecule has 5 nitrogen and oxygen atoms in total. The van der Waals surface area contributed by atoms with Gasteiger partial charge in [0.25, 0.3) is 0 Å². The molecule has 0 saturated carbocycles. The maximum absolute atomic E-state index is 11.1. The van der Waals surface area contributed by atoms with Crippen molar-refractivity contribution in [2.45, 2.75) is 46.6 Å². The Hall–Kier alpha value is -3.26. The Balaban J connectivity index is 2.09. The Labute approximate surface area is 179 Å². The SMILES string of the molecule is CC#C[C@@H](CC(=O)O)c1ccc(OCc2ccc(C(C)=N)c(NCC(C)C)c2)cc1. The topological polar surface area (TPSA) is 82.4 Å². The molecular formula is C25H30N2O3. The minimum Gasteiger partial charge on any atom is -0.489 e. The fraction of sp³-hybridized carbons (Fsp3) is 0.360. The van der Waals surface area contributed by atoms with Gasteiger partial charge in [-0.1, -0.05) is 44.0 Å². The van der Waals surface area contributed by atoms with Gasteiger partial charge >= 0.3 is 5.97 Å². The highest BCUT2D eigenvalue weighted by atomic mass is 16.5. The fourth-order valence-electron chi connectivity index (χ4n) is 3.03. The molecule has 2 aromatic carbocycles. The van der Waals surface area contributed by atoms with Crippen molar-refractivity contribution in [3.8, 4) is 17.6 Å². The third-order valence-electron chi connectivity index (χ3n) is 4.57. The van der Waals surface area contributed by atoms with Crippen LogP contribution in [-0.4, -0.2) is 23.3 Å². The Morgan fingerprint density at radius 2 is 1.90 bits per heavy atom. The van der Waals surface area contributed by atoms with Crippen LogP contribution in [0.25, 0.3) is 0 Å². The number of hydrogen-bond donors (Lipinski definition) is 3. The number of ether oxygens (including phenoxy) is 1. The largest absolute Gasteiger partial charge is 0.489 e. The third-order valence-corrected chi connectivity index (χ3v) is 4.57. The van der Waals surface area contributed by atoms with Crippen LogP contribution in [0.4, 0.5) is 5.69 Å². The number of carbonyl (C=O) groups is 1. The molecule has 0 aliphatic heterocycles. The number of anilines is 1. The summed E-state index contributed by atoms with van der Waals surface area (Å²) < 4.78 is 5.91. The molecule has 2 rings (SSSR count). The first-order chi connectivity index (χ1) is 14.3. The zero-order valence-corrected chi connectivity index (χ0v) is 18.1. The van der Waals surface area contributed by atoms with E-state index in [2.05, 4.69) is 31.0 Å². The molecule has 158 valence electrons. The molecule has 0 unspecified atom stereocenters. The van der Waals surface area contributed by atoms with Crippen LogP contribution in [0.5, 0.6) is 5.75 Å². The number of hydrogen-bond acceptors (Lipinski definition) is 4. The summed E-state index contributed by atoms with van der Waals surface area (Å²) in [4.78, 5) is 11.1. The lowest BCUT2D eigenvalue weighted by atomic mass is 9.96. The van der Waals surface area contributed by atoms with Gasteiger partial charge in [0.05, 0.1) is 12.3 Å². The van der Waals surface area contributed by atoms with Gasteiger partial charge < -0.3 is 20.6 Å². The summed E-state index contributed by atoms with van der Waals surface area (Å²) in [5, 5.41) is 20.5. The first-order valence-electron chi connectivity index (χ1n) is 10.1. The molecule has 0 aliphatic carbocycles. The van der Waals surface area contributed by atoms with Gasteiger partial charge in [0.1, 0.15) is 12.4 Å². The van der Waals surface area contributed by atoms with Crippen molar-refractivity contribution in [1.29, 1.82) is 5.41 Å². The van der Waals surface area contributed by atoms with Gasteiger partial charge in [-0.05, 0) is 49.1 Å². The summed E-state index contributed by atoms with van der Waals surface area (Å²) in [5.41, 5.74) is 4.24. The standard InChI is InChI=1S/C25H30N2O3/c1-5-6-21(14-25(28)29)20-8-10-22(11-9-20)30-16-19-7-12-23(18(4)26)24(13-19)27-15-17(2)3/h7-13,17,21,26-27H,14-16H2,1-4H3,(H,28,29)/t21-/m0/s1. The second-order valence-electron chi connectivity index (χ2n) is 7.68. The van der Waals surface area contributed by atoms with Crippen LogP contribution < -0.4 is 10.1 Å². The van der Waals surface area contributed by atoms with Crippen LogP contribution in [-0.2, 0) is 11.4 Å². The van der Waals surface area contributed by atoms with E-state index in [-0.39, 0.29) is 12.3 Å². The average Bonchev–Trinajstić information content (AvgIpc) is 2.70. The van der Waals surface area contributed by atoms with Crippen molar-refractivity contribution in [3.05, 3.63) is 59.2 Å².